The Labute approximate surface area is 465 Å². The van der Waals surface area contributed by atoms with Crippen molar-refractivity contribution in [2.75, 3.05) is 27.9 Å². The first kappa shape index (κ1) is 65.1. The van der Waals surface area contributed by atoms with Crippen LogP contribution in [0, 0.1) is 39.7 Å². The summed E-state index contributed by atoms with van der Waals surface area (Å²) in [6, 6.07) is 3.79. The van der Waals surface area contributed by atoms with Gasteiger partial charge >= 0.3 is 16.1 Å². The van der Waals surface area contributed by atoms with Crippen molar-refractivity contribution >= 4 is 47.6 Å². The number of cyclic esters (lactones) is 1. The third-order valence-electron chi connectivity index (χ3n) is 17.5. The average molecular weight is 1130 g/mol. The first-order valence-electron chi connectivity index (χ1n) is 28.4. The highest BCUT2D eigenvalue weighted by Crippen LogP contribution is 2.46. The Balaban J connectivity index is 1.64. The summed E-state index contributed by atoms with van der Waals surface area (Å²) in [5, 5.41) is 24.1. The first-order valence-corrected chi connectivity index (χ1v) is 31.9. The van der Waals surface area contributed by atoms with E-state index in [9.17, 15) is 33.2 Å². The number of allylic oxidation sites excluding steroid dienone is 3. The van der Waals surface area contributed by atoms with Gasteiger partial charge in [0.15, 0.2) is 4.90 Å². The lowest BCUT2D eigenvalue weighted by Gasteiger charge is -2.47. The SMILES string of the molecule is CCC1/C=C(\C)CC(C)CC(OC)C2OC(O)(C(=O)C(=O)N3CCCCC3C(=O)OC(C(C)=CC3CCC(OS(=O)(=O)c4ccccc4[N+](=O)[O-])C(OC)C3)C(C)C(O[Si](C(C)C)(C(C)C)C(C)C)CC1=O)C(C)CC2OC. The number of hydrogen-bond donors (Lipinski definition) is 1. The third-order valence-corrected chi connectivity index (χ3v) is 25.0. The van der Waals surface area contributed by atoms with E-state index in [-0.39, 0.29) is 72.9 Å². The zero-order valence-electron chi connectivity index (χ0n) is 49.1. The Morgan fingerprint density at radius 2 is 1.49 bits per heavy atom. The van der Waals surface area contributed by atoms with Crippen LogP contribution in [0.25, 0.3) is 0 Å². The van der Waals surface area contributed by atoms with Gasteiger partial charge in [-0.05, 0) is 118 Å². The summed E-state index contributed by atoms with van der Waals surface area (Å²) < 4.78 is 71.4. The second kappa shape index (κ2) is 27.8. The minimum Gasteiger partial charge on any atom is -0.456 e. The molecule has 78 heavy (non-hydrogen) atoms. The van der Waals surface area contributed by atoms with E-state index in [2.05, 4.69) is 48.5 Å². The van der Waals surface area contributed by atoms with Gasteiger partial charge in [-0.3, -0.25) is 28.7 Å². The van der Waals surface area contributed by atoms with Gasteiger partial charge in [-0.25, -0.2) is 4.79 Å². The number of Topliss-reactive ketones (excluding diaryl/α,β-unsaturated/α-hetero) is 2. The van der Waals surface area contributed by atoms with Crippen LogP contribution in [0.2, 0.25) is 16.6 Å². The van der Waals surface area contributed by atoms with Crippen LogP contribution in [-0.2, 0) is 61.6 Å². The lowest BCUT2D eigenvalue weighted by molar-refractivity contribution is -0.387. The quantitative estimate of drug-likeness (QED) is 0.0327. The molecule has 3 heterocycles. The van der Waals surface area contributed by atoms with Crippen molar-refractivity contribution in [1.82, 2.24) is 4.90 Å². The number of piperidine rings is 1. The summed E-state index contributed by atoms with van der Waals surface area (Å²) in [5.74, 6) is -7.87. The predicted molar refractivity (Wildman–Crippen MR) is 297 cm³/mol. The van der Waals surface area contributed by atoms with E-state index in [1.807, 2.05) is 39.8 Å². The van der Waals surface area contributed by atoms with E-state index in [1.54, 1.807) is 6.92 Å². The van der Waals surface area contributed by atoms with Crippen molar-refractivity contribution in [3.05, 3.63) is 57.7 Å². The molecule has 1 aliphatic carbocycles. The van der Waals surface area contributed by atoms with Crippen LogP contribution in [0.1, 0.15) is 154 Å². The maximum atomic E-state index is 15.2. The van der Waals surface area contributed by atoms with Crippen LogP contribution in [0.5, 0.6) is 0 Å². The highest BCUT2D eigenvalue weighted by atomic mass is 32.2. The molecule has 0 radical (unpaired) electrons. The van der Waals surface area contributed by atoms with Crippen molar-refractivity contribution in [3.63, 3.8) is 0 Å². The summed E-state index contributed by atoms with van der Waals surface area (Å²) in [4.78, 5) is 71.3. The number of ether oxygens (including phenoxy) is 5. The highest BCUT2D eigenvalue weighted by Gasteiger charge is 2.57. The predicted octanol–water partition coefficient (Wildman–Crippen LogP) is 9.99. The van der Waals surface area contributed by atoms with Crippen LogP contribution in [0.15, 0.2) is 52.5 Å². The van der Waals surface area contributed by atoms with Crippen molar-refractivity contribution in [1.29, 1.82) is 0 Å². The molecule has 3 aliphatic heterocycles. The van der Waals surface area contributed by atoms with Gasteiger partial charge in [0.25, 0.3) is 17.4 Å². The molecule has 20 heteroatoms. The van der Waals surface area contributed by atoms with E-state index in [4.69, 9.17) is 32.3 Å². The molecule has 1 aromatic rings. The number of esters is 1. The molecule has 4 aliphatic rings. The van der Waals surface area contributed by atoms with Crippen LogP contribution in [0.3, 0.4) is 0 Å². The molecule has 14 unspecified atom stereocenters. The standard InChI is InChI=1S/C58H92N2O16SSi/c1-16-43-28-37(8)27-38(9)29-50(71-14)54-51(72-15)31-40(11)58(65,74-54)55(62)56(63)59-26-20-19-22-45(59)57(64)73-53(41(12)48(33-46(43)61)76-78(34(2)3,35(4)5)36(6)7)39(10)30-42-24-25-47(49(32-42)70-13)75-77(68,69)52-23-18-17-21-44(52)60(66)67/h17-18,21,23,28,30,34-36,38,40-43,45,47-51,53-54,65H,16,19-20,22,24-27,29,31-33H2,1-15H3/b37-28+,39-30?. The molecule has 3 fully saturated rings. The van der Waals surface area contributed by atoms with E-state index in [0.717, 1.165) is 17.7 Å². The normalized spacial score (nSPS) is 33.8. The molecule has 1 aromatic carbocycles. The molecule has 2 bridgehead atoms. The zero-order valence-corrected chi connectivity index (χ0v) is 50.9. The van der Waals surface area contributed by atoms with Crippen LogP contribution < -0.4 is 0 Å². The minimum atomic E-state index is -4.59. The number of carbonyl (C=O) groups excluding carboxylic acids is 4. The fourth-order valence-corrected chi connectivity index (χ4v) is 20.3. The zero-order chi connectivity index (χ0) is 58.2. The number of ketones is 2. The second-order valence-corrected chi connectivity index (χ2v) is 30.8. The van der Waals surface area contributed by atoms with Crippen LogP contribution in [-0.4, -0.2) is 138 Å². The summed E-state index contributed by atoms with van der Waals surface area (Å²) in [5.41, 5.74) is 1.40. The first-order chi connectivity index (χ1) is 36.6. The number of carbonyl (C=O) groups is 4. The van der Waals surface area contributed by atoms with E-state index in [0.29, 0.717) is 44.1 Å². The summed E-state index contributed by atoms with van der Waals surface area (Å²) in [6.07, 6.45) is 2.20. The van der Waals surface area contributed by atoms with Crippen molar-refractivity contribution in [3.8, 4) is 0 Å². The number of hydrogen-bond acceptors (Lipinski definition) is 16. The van der Waals surface area contributed by atoms with Gasteiger partial charge in [0.2, 0.25) is 14.1 Å². The number of para-hydroxylation sites is 1. The van der Waals surface area contributed by atoms with Gasteiger partial charge in [0, 0.05) is 58.1 Å². The van der Waals surface area contributed by atoms with Gasteiger partial charge in [0.05, 0.1) is 29.3 Å². The number of methoxy groups -OCH3 is 3. The Bertz CT molecular complexity index is 2410. The van der Waals surface area contributed by atoms with Crippen LogP contribution >= 0.6 is 0 Å². The van der Waals surface area contributed by atoms with Gasteiger partial charge in [-0.1, -0.05) is 99.1 Å². The highest BCUT2D eigenvalue weighted by molar-refractivity contribution is 7.87. The molecule has 1 amide bonds. The molecule has 440 valence electrons. The van der Waals surface area contributed by atoms with Gasteiger partial charge < -0.3 is 38.1 Å². The smallest absolute Gasteiger partial charge is 0.329 e. The molecular formula is C58H92N2O16SSi. The number of nitro groups is 1. The van der Waals surface area contributed by atoms with Gasteiger partial charge in [-0.15, -0.1) is 0 Å². The minimum absolute atomic E-state index is 0.00881. The maximum absolute atomic E-state index is 15.2. The molecule has 1 saturated carbocycles. The third kappa shape index (κ3) is 14.7. The van der Waals surface area contributed by atoms with E-state index in [1.165, 1.54) is 38.4 Å². The summed E-state index contributed by atoms with van der Waals surface area (Å²) in [7, 11) is -2.86. The topological polar surface area (TPSA) is 234 Å². The van der Waals surface area contributed by atoms with E-state index < -0.39 is 124 Å². The van der Waals surface area contributed by atoms with Crippen molar-refractivity contribution in [2.45, 2.75) is 230 Å². The molecule has 0 spiro atoms. The molecule has 2 saturated heterocycles. The number of rotatable bonds is 15. The Morgan fingerprint density at radius 3 is 2.08 bits per heavy atom. The van der Waals surface area contributed by atoms with Gasteiger partial charge in [-0.2, -0.15) is 8.42 Å². The number of aliphatic hydroxyl groups is 1. The van der Waals surface area contributed by atoms with Gasteiger partial charge in [0.1, 0.15) is 30.1 Å². The maximum Gasteiger partial charge on any atom is 0.329 e. The molecule has 1 N–H and O–H groups in total. The van der Waals surface area contributed by atoms with Crippen molar-refractivity contribution in [2.24, 2.45) is 29.6 Å². The number of nitrogens with zero attached hydrogens (tertiary/aromatic N) is 2. The molecule has 18 nitrogen and oxygen atoms in total. The molecule has 14 atom stereocenters. The fraction of sp³-hybridized carbons (Fsp3) is 0.759. The Hall–Kier alpha value is -3.73. The number of fused-ring (bicyclic) bond motifs is 3. The van der Waals surface area contributed by atoms with E-state index >= 15 is 9.59 Å². The second-order valence-electron chi connectivity index (χ2n) is 23.8. The lowest BCUT2D eigenvalue weighted by atomic mass is 9.81. The number of benzene rings is 1. The molecular weight excluding hydrogens is 1040 g/mol. The summed E-state index contributed by atoms with van der Waals surface area (Å²) >= 11 is 0. The summed E-state index contributed by atoms with van der Waals surface area (Å²) in [6.45, 7) is 24.6. The fourth-order valence-electron chi connectivity index (χ4n) is 13.3. The Morgan fingerprint density at radius 1 is 0.872 bits per heavy atom. The Kier molecular flexibility index (Phi) is 23.2. The number of nitro benzene ring substituents is 1. The largest absolute Gasteiger partial charge is 0.456 e. The number of amides is 1. The molecule has 5 rings (SSSR count). The lowest BCUT2D eigenvalue weighted by Crippen LogP contribution is -2.64. The average Bonchev–Trinajstić information content (AvgIpc) is 3.47. The monoisotopic (exact) mass is 1130 g/mol. The van der Waals surface area contributed by atoms with Crippen molar-refractivity contribution < 1.29 is 69.9 Å². The van der Waals surface area contributed by atoms with Crippen LogP contribution in [0.4, 0.5) is 5.69 Å². The molecule has 0 aromatic heterocycles.